The molecule has 0 radical (unpaired) electrons. The number of hydrogen-bond acceptors (Lipinski definition) is 3. The predicted octanol–water partition coefficient (Wildman–Crippen LogP) is 2.54. The fourth-order valence-electron chi connectivity index (χ4n) is 1.77. The predicted molar refractivity (Wildman–Crippen MR) is 73.2 cm³/mol. The number of carbonyl (C=O) groups excluding carboxylic acids is 1. The van der Waals surface area contributed by atoms with Crippen molar-refractivity contribution in [2.45, 2.75) is 32.8 Å². The molecule has 2 N–H and O–H groups in total. The minimum atomic E-state index is 0.0872. The molecule has 1 unspecified atom stereocenters. The molecule has 1 atom stereocenters. The number of ether oxygens (including phenoxy) is 1. The third-order valence-corrected chi connectivity index (χ3v) is 2.97. The molecular formula is C15H23NO2. The number of ketones is 1. The lowest BCUT2D eigenvalue weighted by atomic mass is 9.99. The van der Waals surface area contributed by atoms with E-state index in [1.54, 1.807) is 0 Å². The van der Waals surface area contributed by atoms with Gasteiger partial charge in [-0.3, -0.25) is 4.79 Å². The fraction of sp³-hybridized carbons (Fsp3) is 0.533. The van der Waals surface area contributed by atoms with Crippen LogP contribution in [0.15, 0.2) is 30.3 Å². The SMILES string of the molecule is CC(CCN)C(=O)CCCOCc1ccccc1. The summed E-state index contributed by atoms with van der Waals surface area (Å²) in [5.74, 6) is 0.382. The Morgan fingerprint density at radius 3 is 2.72 bits per heavy atom. The molecule has 0 saturated carbocycles. The number of carbonyl (C=O) groups is 1. The van der Waals surface area contributed by atoms with E-state index < -0.39 is 0 Å². The van der Waals surface area contributed by atoms with Crippen molar-refractivity contribution in [1.29, 1.82) is 0 Å². The topological polar surface area (TPSA) is 52.3 Å². The zero-order valence-corrected chi connectivity index (χ0v) is 11.1. The summed E-state index contributed by atoms with van der Waals surface area (Å²) in [6, 6.07) is 10.1. The summed E-state index contributed by atoms with van der Waals surface area (Å²) in [5.41, 5.74) is 6.60. The van der Waals surface area contributed by atoms with Crippen LogP contribution in [0.4, 0.5) is 0 Å². The standard InChI is InChI=1S/C15H23NO2/c1-13(9-10-16)15(17)8-5-11-18-12-14-6-3-2-4-7-14/h2-4,6-7,13H,5,8-12,16H2,1H3. The van der Waals surface area contributed by atoms with Crippen LogP contribution in [0.5, 0.6) is 0 Å². The van der Waals surface area contributed by atoms with E-state index in [1.807, 2.05) is 37.3 Å². The van der Waals surface area contributed by atoms with Crippen LogP contribution in [0.2, 0.25) is 0 Å². The van der Waals surface area contributed by atoms with Crippen molar-refractivity contribution < 1.29 is 9.53 Å². The van der Waals surface area contributed by atoms with E-state index in [0.29, 0.717) is 32.0 Å². The molecule has 0 aliphatic heterocycles. The van der Waals surface area contributed by atoms with Gasteiger partial charge in [0.15, 0.2) is 0 Å². The molecule has 3 heteroatoms. The van der Waals surface area contributed by atoms with Crippen LogP contribution in [0.3, 0.4) is 0 Å². The minimum absolute atomic E-state index is 0.0872. The molecule has 1 aromatic rings. The Balaban J connectivity index is 2.07. The summed E-state index contributed by atoms with van der Waals surface area (Å²) in [5, 5.41) is 0. The summed E-state index contributed by atoms with van der Waals surface area (Å²) in [7, 11) is 0. The highest BCUT2D eigenvalue weighted by molar-refractivity contribution is 5.80. The van der Waals surface area contributed by atoms with Crippen LogP contribution < -0.4 is 5.73 Å². The lowest BCUT2D eigenvalue weighted by molar-refractivity contribution is -0.122. The average molecular weight is 249 g/mol. The van der Waals surface area contributed by atoms with Crippen molar-refractivity contribution in [2.75, 3.05) is 13.2 Å². The molecule has 100 valence electrons. The van der Waals surface area contributed by atoms with Gasteiger partial charge < -0.3 is 10.5 Å². The van der Waals surface area contributed by atoms with Gasteiger partial charge in [-0.2, -0.15) is 0 Å². The first-order valence-electron chi connectivity index (χ1n) is 6.58. The van der Waals surface area contributed by atoms with E-state index in [-0.39, 0.29) is 5.92 Å². The van der Waals surface area contributed by atoms with Crippen LogP contribution in [-0.2, 0) is 16.1 Å². The summed E-state index contributed by atoms with van der Waals surface area (Å²) in [4.78, 5) is 11.7. The quantitative estimate of drug-likeness (QED) is 0.684. The van der Waals surface area contributed by atoms with Gasteiger partial charge in [0.2, 0.25) is 0 Å². The van der Waals surface area contributed by atoms with Crippen LogP contribution in [0.25, 0.3) is 0 Å². The third-order valence-electron chi connectivity index (χ3n) is 2.97. The Morgan fingerprint density at radius 2 is 2.06 bits per heavy atom. The maximum atomic E-state index is 11.7. The first-order chi connectivity index (χ1) is 8.74. The molecule has 18 heavy (non-hydrogen) atoms. The van der Waals surface area contributed by atoms with Gasteiger partial charge in [-0.1, -0.05) is 37.3 Å². The second-order valence-corrected chi connectivity index (χ2v) is 4.59. The molecule has 3 nitrogen and oxygen atoms in total. The minimum Gasteiger partial charge on any atom is -0.377 e. The van der Waals surface area contributed by atoms with Gasteiger partial charge in [-0.05, 0) is 24.9 Å². The first kappa shape index (κ1) is 14.9. The maximum Gasteiger partial charge on any atom is 0.135 e. The number of hydrogen-bond donors (Lipinski definition) is 1. The molecule has 0 saturated heterocycles. The zero-order chi connectivity index (χ0) is 13.2. The molecule has 0 bridgehead atoms. The van der Waals surface area contributed by atoms with Crippen LogP contribution >= 0.6 is 0 Å². The van der Waals surface area contributed by atoms with E-state index >= 15 is 0 Å². The average Bonchev–Trinajstić information content (AvgIpc) is 2.39. The van der Waals surface area contributed by atoms with Gasteiger partial charge in [-0.25, -0.2) is 0 Å². The summed E-state index contributed by atoms with van der Waals surface area (Å²) >= 11 is 0. The smallest absolute Gasteiger partial charge is 0.135 e. The lowest BCUT2D eigenvalue weighted by Crippen LogP contribution is -2.15. The molecule has 0 aliphatic rings. The molecule has 0 fully saturated rings. The zero-order valence-electron chi connectivity index (χ0n) is 11.1. The monoisotopic (exact) mass is 249 g/mol. The first-order valence-corrected chi connectivity index (χ1v) is 6.58. The Labute approximate surface area is 109 Å². The summed E-state index contributed by atoms with van der Waals surface area (Å²) < 4.78 is 5.53. The Hall–Kier alpha value is -1.19. The Bertz CT molecular complexity index is 338. The van der Waals surface area contributed by atoms with Crippen LogP contribution in [0, 0.1) is 5.92 Å². The van der Waals surface area contributed by atoms with Crippen molar-refractivity contribution in [3.8, 4) is 0 Å². The van der Waals surface area contributed by atoms with Gasteiger partial charge in [0.25, 0.3) is 0 Å². The molecule has 0 amide bonds. The number of Topliss-reactive ketones (excluding diaryl/α,β-unsaturated/α-hetero) is 1. The fourth-order valence-corrected chi connectivity index (χ4v) is 1.77. The third kappa shape index (κ3) is 5.94. The molecule has 1 aromatic carbocycles. The number of rotatable bonds is 9. The highest BCUT2D eigenvalue weighted by Crippen LogP contribution is 2.07. The lowest BCUT2D eigenvalue weighted by Gasteiger charge is -2.09. The van der Waals surface area contributed by atoms with Gasteiger partial charge in [-0.15, -0.1) is 0 Å². The van der Waals surface area contributed by atoms with Crippen molar-refractivity contribution in [1.82, 2.24) is 0 Å². The van der Waals surface area contributed by atoms with Gasteiger partial charge in [0.1, 0.15) is 5.78 Å². The van der Waals surface area contributed by atoms with Gasteiger partial charge in [0.05, 0.1) is 6.61 Å². The molecule has 0 aliphatic carbocycles. The van der Waals surface area contributed by atoms with Gasteiger partial charge in [0, 0.05) is 18.9 Å². The van der Waals surface area contributed by atoms with Crippen LogP contribution in [0.1, 0.15) is 31.7 Å². The highest BCUT2D eigenvalue weighted by Gasteiger charge is 2.10. The Morgan fingerprint density at radius 1 is 1.33 bits per heavy atom. The summed E-state index contributed by atoms with van der Waals surface area (Å²) in [6.07, 6.45) is 2.17. The number of nitrogens with two attached hydrogens (primary N) is 1. The summed E-state index contributed by atoms with van der Waals surface area (Å²) in [6.45, 7) is 3.78. The molecule has 0 aromatic heterocycles. The van der Waals surface area contributed by atoms with Crippen molar-refractivity contribution in [3.63, 3.8) is 0 Å². The second kappa shape index (κ2) is 8.84. The van der Waals surface area contributed by atoms with Crippen molar-refractivity contribution in [2.24, 2.45) is 11.7 Å². The van der Waals surface area contributed by atoms with E-state index in [9.17, 15) is 4.79 Å². The molecule has 0 spiro atoms. The second-order valence-electron chi connectivity index (χ2n) is 4.59. The van der Waals surface area contributed by atoms with Crippen LogP contribution in [-0.4, -0.2) is 18.9 Å². The van der Waals surface area contributed by atoms with Gasteiger partial charge >= 0.3 is 0 Å². The van der Waals surface area contributed by atoms with E-state index in [0.717, 1.165) is 12.8 Å². The maximum absolute atomic E-state index is 11.7. The molecule has 0 heterocycles. The Kier molecular flexibility index (Phi) is 7.30. The van der Waals surface area contributed by atoms with Crippen molar-refractivity contribution in [3.05, 3.63) is 35.9 Å². The molecular weight excluding hydrogens is 226 g/mol. The normalized spacial score (nSPS) is 12.3. The van der Waals surface area contributed by atoms with E-state index in [2.05, 4.69) is 0 Å². The largest absolute Gasteiger partial charge is 0.377 e. The number of benzene rings is 1. The van der Waals surface area contributed by atoms with Crippen molar-refractivity contribution >= 4 is 5.78 Å². The van der Waals surface area contributed by atoms with E-state index in [4.69, 9.17) is 10.5 Å². The highest BCUT2D eigenvalue weighted by atomic mass is 16.5. The van der Waals surface area contributed by atoms with E-state index in [1.165, 1.54) is 5.56 Å². The molecule has 1 rings (SSSR count).